The molecule has 0 spiro atoms. The van der Waals surface area contributed by atoms with Crippen molar-refractivity contribution in [2.75, 3.05) is 14.2 Å². The first-order chi connectivity index (χ1) is 13.1. The van der Waals surface area contributed by atoms with Crippen LogP contribution in [0.15, 0.2) is 73.3 Å². The Bertz CT molecular complexity index is 880. The molecule has 1 fully saturated rings. The second-order valence-corrected chi connectivity index (χ2v) is 7.36. The lowest BCUT2D eigenvalue weighted by Crippen LogP contribution is -2.41. The number of methoxy groups -OCH3 is 1. The third kappa shape index (κ3) is 3.13. The molecule has 2 unspecified atom stereocenters. The van der Waals surface area contributed by atoms with Crippen molar-refractivity contribution in [3.8, 4) is 5.75 Å². The Morgan fingerprint density at radius 2 is 1.81 bits per heavy atom. The summed E-state index contributed by atoms with van der Waals surface area (Å²) in [5.41, 5.74) is 1.64. The molecule has 27 heavy (non-hydrogen) atoms. The summed E-state index contributed by atoms with van der Waals surface area (Å²) in [5.74, 6) is 0.851. The molecule has 1 aliphatic heterocycles. The zero-order chi connectivity index (χ0) is 18.9. The zero-order valence-electron chi connectivity index (χ0n) is 16.0. The summed E-state index contributed by atoms with van der Waals surface area (Å²) < 4.78 is 7.46. The van der Waals surface area contributed by atoms with Crippen molar-refractivity contribution in [1.82, 2.24) is 14.6 Å². The van der Waals surface area contributed by atoms with Crippen LogP contribution in [0.2, 0.25) is 0 Å². The number of hydrogen-bond acceptors (Lipinski definition) is 4. The molecule has 2 heterocycles. The van der Waals surface area contributed by atoms with E-state index in [9.17, 15) is 0 Å². The Morgan fingerprint density at radius 1 is 1.07 bits per heavy atom. The van der Waals surface area contributed by atoms with E-state index in [0.717, 1.165) is 18.7 Å². The number of hydroxylamine groups is 2. The van der Waals surface area contributed by atoms with Gasteiger partial charge in [0.05, 0.1) is 19.0 Å². The first kappa shape index (κ1) is 17.8. The molecule has 5 nitrogen and oxygen atoms in total. The van der Waals surface area contributed by atoms with Crippen molar-refractivity contribution in [2.45, 2.75) is 31.0 Å². The average molecular weight is 363 g/mol. The molecular formula is C22H25N3O2. The molecule has 0 N–H and O–H groups in total. The number of rotatable bonds is 5. The minimum absolute atomic E-state index is 0.322. The second kappa shape index (κ2) is 6.83. The van der Waals surface area contributed by atoms with Crippen molar-refractivity contribution in [1.29, 1.82) is 0 Å². The Morgan fingerprint density at radius 3 is 2.44 bits per heavy atom. The van der Waals surface area contributed by atoms with Gasteiger partial charge in [0.15, 0.2) is 0 Å². The Labute approximate surface area is 160 Å². The smallest absolute Gasteiger partial charge is 0.118 e. The first-order valence-corrected chi connectivity index (χ1v) is 9.14. The SMILES string of the molecule is COc1ccc(C2(Cn3ccnc3)CC(C)(c3ccccc3)ON2C)cc1. The van der Waals surface area contributed by atoms with Crippen LogP contribution in [0, 0.1) is 0 Å². The second-order valence-electron chi connectivity index (χ2n) is 7.36. The normalized spacial score (nSPS) is 25.6. The van der Waals surface area contributed by atoms with Crippen molar-refractivity contribution >= 4 is 0 Å². The molecule has 0 aliphatic carbocycles. The van der Waals surface area contributed by atoms with Gasteiger partial charge in [-0.25, -0.2) is 4.98 Å². The van der Waals surface area contributed by atoms with Gasteiger partial charge in [-0.15, -0.1) is 0 Å². The van der Waals surface area contributed by atoms with E-state index in [0.29, 0.717) is 0 Å². The van der Waals surface area contributed by atoms with Gasteiger partial charge in [-0.1, -0.05) is 42.5 Å². The number of aromatic nitrogens is 2. The summed E-state index contributed by atoms with van der Waals surface area (Å²) in [5, 5.41) is 2.02. The number of hydrogen-bond donors (Lipinski definition) is 0. The fraction of sp³-hybridized carbons (Fsp3) is 0.318. The first-order valence-electron chi connectivity index (χ1n) is 9.14. The lowest BCUT2D eigenvalue weighted by Gasteiger charge is -2.35. The van der Waals surface area contributed by atoms with Crippen molar-refractivity contribution in [3.05, 3.63) is 84.4 Å². The predicted octanol–water partition coefficient (Wildman–Crippen LogP) is 3.97. The Hall–Kier alpha value is -2.63. The van der Waals surface area contributed by atoms with Crippen LogP contribution in [0.1, 0.15) is 24.5 Å². The number of nitrogens with zero attached hydrogens (tertiary/aromatic N) is 3. The molecule has 2 aromatic carbocycles. The quantitative estimate of drug-likeness (QED) is 0.688. The molecule has 1 saturated heterocycles. The lowest BCUT2D eigenvalue weighted by atomic mass is 9.78. The molecule has 1 aliphatic rings. The highest BCUT2D eigenvalue weighted by molar-refractivity contribution is 5.34. The van der Waals surface area contributed by atoms with Gasteiger partial charge in [0.1, 0.15) is 11.4 Å². The highest BCUT2D eigenvalue weighted by Gasteiger charge is 2.53. The molecular weight excluding hydrogens is 338 g/mol. The lowest BCUT2D eigenvalue weighted by molar-refractivity contribution is -0.209. The van der Waals surface area contributed by atoms with E-state index in [-0.39, 0.29) is 5.54 Å². The molecule has 0 radical (unpaired) electrons. The fourth-order valence-electron chi connectivity index (χ4n) is 4.15. The predicted molar refractivity (Wildman–Crippen MR) is 104 cm³/mol. The van der Waals surface area contributed by atoms with Crippen LogP contribution in [0.3, 0.4) is 0 Å². The van der Waals surface area contributed by atoms with Gasteiger partial charge in [0.25, 0.3) is 0 Å². The van der Waals surface area contributed by atoms with Gasteiger partial charge < -0.3 is 9.30 Å². The minimum Gasteiger partial charge on any atom is -0.497 e. The molecule has 5 heteroatoms. The van der Waals surface area contributed by atoms with Crippen LogP contribution in [-0.4, -0.2) is 28.8 Å². The van der Waals surface area contributed by atoms with Crippen LogP contribution >= 0.6 is 0 Å². The van der Waals surface area contributed by atoms with Crippen LogP contribution in [0.4, 0.5) is 0 Å². The number of ether oxygens (including phenoxy) is 1. The van der Waals surface area contributed by atoms with Crippen molar-refractivity contribution < 1.29 is 9.57 Å². The maximum Gasteiger partial charge on any atom is 0.118 e. The van der Waals surface area contributed by atoms with Crippen molar-refractivity contribution in [2.24, 2.45) is 0 Å². The van der Waals surface area contributed by atoms with E-state index >= 15 is 0 Å². The molecule has 1 aromatic heterocycles. The topological polar surface area (TPSA) is 39.5 Å². The van der Waals surface area contributed by atoms with Crippen molar-refractivity contribution in [3.63, 3.8) is 0 Å². The summed E-state index contributed by atoms with van der Waals surface area (Å²) >= 11 is 0. The maximum atomic E-state index is 6.48. The van der Waals surface area contributed by atoms with Crippen LogP contribution in [0.25, 0.3) is 0 Å². The maximum absolute atomic E-state index is 6.48. The van der Waals surface area contributed by atoms with E-state index < -0.39 is 5.60 Å². The standard InChI is InChI=1S/C22H25N3O2/c1-21(18-7-5-4-6-8-18)15-22(24(2)27-21,16-25-14-13-23-17-25)19-9-11-20(26-3)12-10-19/h4-14,17H,15-16H2,1-3H3. The number of likely N-dealkylation sites (N-methyl/N-ethyl adjacent to an activating group) is 1. The monoisotopic (exact) mass is 363 g/mol. The van der Waals surface area contributed by atoms with Gasteiger partial charge >= 0.3 is 0 Å². The van der Waals surface area contributed by atoms with Gasteiger partial charge in [0.2, 0.25) is 0 Å². The van der Waals surface area contributed by atoms with E-state index in [4.69, 9.17) is 9.57 Å². The molecule has 140 valence electrons. The Balaban J connectivity index is 1.78. The van der Waals surface area contributed by atoms with Gasteiger partial charge in [0, 0.05) is 32.4 Å². The summed E-state index contributed by atoms with van der Waals surface area (Å²) in [7, 11) is 3.71. The minimum atomic E-state index is -0.406. The van der Waals surface area contributed by atoms with Gasteiger partial charge in [-0.3, -0.25) is 4.84 Å². The summed E-state index contributed by atoms with van der Waals surface area (Å²) in [6.07, 6.45) is 6.49. The zero-order valence-corrected chi connectivity index (χ0v) is 16.0. The van der Waals surface area contributed by atoms with E-state index in [2.05, 4.69) is 52.9 Å². The molecule has 0 saturated carbocycles. The third-order valence-electron chi connectivity index (χ3n) is 5.59. The van der Waals surface area contributed by atoms with E-state index in [1.54, 1.807) is 7.11 Å². The van der Waals surface area contributed by atoms with Gasteiger partial charge in [-0.2, -0.15) is 5.06 Å². The van der Waals surface area contributed by atoms with Crippen LogP contribution in [0.5, 0.6) is 5.75 Å². The number of benzene rings is 2. The molecule has 0 amide bonds. The summed E-state index contributed by atoms with van der Waals surface area (Å²) in [6, 6.07) is 18.7. The van der Waals surface area contributed by atoms with E-state index in [1.165, 1.54) is 11.1 Å². The average Bonchev–Trinajstić information content (AvgIpc) is 3.30. The highest BCUT2D eigenvalue weighted by Crippen LogP contribution is 2.50. The van der Waals surface area contributed by atoms with Gasteiger partial charge in [-0.05, 0) is 30.2 Å². The summed E-state index contributed by atoms with van der Waals surface area (Å²) in [4.78, 5) is 10.7. The summed E-state index contributed by atoms with van der Waals surface area (Å²) in [6.45, 7) is 2.91. The van der Waals surface area contributed by atoms with Crippen LogP contribution in [-0.2, 0) is 22.5 Å². The molecule has 4 rings (SSSR count). The largest absolute Gasteiger partial charge is 0.497 e. The van der Waals surface area contributed by atoms with E-state index in [1.807, 2.05) is 49.0 Å². The Kier molecular flexibility index (Phi) is 4.50. The van der Waals surface area contributed by atoms with Crippen LogP contribution < -0.4 is 4.74 Å². The third-order valence-corrected chi connectivity index (χ3v) is 5.59. The molecule has 0 bridgehead atoms. The highest BCUT2D eigenvalue weighted by atomic mass is 16.7. The fourth-order valence-corrected chi connectivity index (χ4v) is 4.15. The molecule has 2 atom stereocenters. The molecule has 3 aromatic rings. The number of imidazole rings is 1.